The van der Waals surface area contributed by atoms with Crippen LogP contribution in [-0.2, 0) is 0 Å². The van der Waals surface area contributed by atoms with E-state index >= 15 is 0 Å². The summed E-state index contributed by atoms with van der Waals surface area (Å²) in [5.41, 5.74) is 2.93. The highest BCUT2D eigenvalue weighted by atomic mass is 35.5. The molecule has 0 aliphatic carbocycles. The molecule has 0 unspecified atom stereocenters. The summed E-state index contributed by atoms with van der Waals surface area (Å²) < 4.78 is 0.926. The lowest BCUT2D eigenvalue weighted by Crippen LogP contribution is -2.16. The molecule has 3 rings (SSSR count). The number of carbonyl (C=O) groups excluding carboxylic acids is 1. The van der Waals surface area contributed by atoms with Crippen molar-refractivity contribution < 1.29 is 15.0 Å². The van der Waals surface area contributed by atoms with Crippen molar-refractivity contribution in [3.63, 3.8) is 0 Å². The van der Waals surface area contributed by atoms with E-state index in [1.807, 2.05) is 24.3 Å². The van der Waals surface area contributed by atoms with E-state index in [1.54, 1.807) is 6.07 Å². The number of carbonyl (C=O) groups is 1. The largest absolute Gasteiger partial charge is 0.504 e. The Morgan fingerprint density at radius 3 is 2.70 bits per heavy atom. The molecule has 7 heteroatoms. The van der Waals surface area contributed by atoms with Crippen LogP contribution in [0.25, 0.3) is 10.1 Å². The normalized spacial score (nSPS) is 11.2. The molecule has 1 aromatic heterocycles. The maximum Gasteiger partial charge on any atom is 0.283 e. The van der Waals surface area contributed by atoms with Crippen LogP contribution >= 0.6 is 22.9 Å². The fourth-order valence-electron chi connectivity index (χ4n) is 2.00. The van der Waals surface area contributed by atoms with Crippen molar-refractivity contribution in [1.82, 2.24) is 5.43 Å². The van der Waals surface area contributed by atoms with Crippen LogP contribution in [0.4, 0.5) is 0 Å². The second-order valence-corrected chi connectivity index (χ2v) is 6.12. The van der Waals surface area contributed by atoms with Crippen molar-refractivity contribution in [2.45, 2.75) is 0 Å². The van der Waals surface area contributed by atoms with Crippen LogP contribution in [0.1, 0.15) is 15.2 Å². The van der Waals surface area contributed by atoms with Gasteiger partial charge in [-0.25, -0.2) is 5.43 Å². The first-order valence-electron chi connectivity index (χ1n) is 6.58. The number of hydrazone groups is 1. The molecule has 0 fully saturated rings. The van der Waals surface area contributed by atoms with Gasteiger partial charge in [0.2, 0.25) is 0 Å². The summed E-state index contributed by atoms with van der Waals surface area (Å²) in [6.07, 6.45) is 1.36. The zero-order valence-electron chi connectivity index (χ0n) is 11.7. The first-order valence-corrected chi connectivity index (χ1v) is 7.78. The minimum absolute atomic E-state index is 0.219. The molecule has 3 N–H and O–H groups in total. The van der Waals surface area contributed by atoms with Crippen molar-refractivity contribution in [3.05, 3.63) is 57.9 Å². The van der Waals surface area contributed by atoms with Crippen LogP contribution in [0.5, 0.6) is 11.5 Å². The number of thiophene rings is 1. The Morgan fingerprint density at radius 2 is 1.96 bits per heavy atom. The van der Waals surface area contributed by atoms with E-state index in [9.17, 15) is 15.0 Å². The molecule has 2 aromatic carbocycles. The Kier molecular flexibility index (Phi) is 4.18. The first-order chi connectivity index (χ1) is 11.1. The number of amides is 1. The fraction of sp³-hybridized carbons (Fsp3) is 0. The predicted octanol–water partition coefficient (Wildman–Crippen LogP) is 3.73. The molecular weight excluding hydrogens is 336 g/mol. The van der Waals surface area contributed by atoms with Crippen molar-refractivity contribution in [2.75, 3.05) is 0 Å². The third kappa shape index (κ3) is 3.13. The number of hydrogen-bond donors (Lipinski definition) is 3. The lowest BCUT2D eigenvalue weighted by Gasteiger charge is -1.99. The Bertz CT molecular complexity index is 921. The molecule has 0 saturated heterocycles. The smallest absolute Gasteiger partial charge is 0.283 e. The van der Waals surface area contributed by atoms with Crippen molar-refractivity contribution in [2.24, 2.45) is 5.10 Å². The molecule has 0 spiro atoms. The van der Waals surface area contributed by atoms with Gasteiger partial charge in [-0.2, -0.15) is 5.10 Å². The van der Waals surface area contributed by atoms with Gasteiger partial charge in [0.05, 0.1) is 11.2 Å². The lowest BCUT2D eigenvalue weighted by molar-refractivity contribution is 0.0959. The highest BCUT2D eigenvalue weighted by molar-refractivity contribution is 7.21. The summed E-state index contributed by atoms with van der Waals surface area (Å²) in [6.45, 7) is 0. The van der Waals surface area contributed by atoms with Crippen molar-refractivity contribution >= 4 is 45.1 Å². The maximum atomic E-state index is 12.2. The number of phenolic OH excluding ortho intramolecular Hbond substituents is 2. The molecule has 1 heterocycles. The number of rotatable bonds is 3. The van der Waals surface area contributed by atoms with Crippen LogP contribution in [0.3, 0.4) is 0 Å². The van der Waals surface area contributed by atoms with Gasteiger partial charge in [-0.15, -0.1) is 11.3 Å². The number of phenols is 2. The summed E-state index contributed by atoms with van der Waals surface area (Å²) in [4.78, 5) is 12.5. The summed E-state index contributed by atoms with van der Waals surface area (Å²) >= 11 is 7.51. The van der Waals surface area contributed by atoms with Gasteiger partial charge in [0.15, 0.2) is 11.5 Å². The highest BCUT2D eigenvalue weighted by Gasteiger charge is 2.16. The Morgan fingerprint density at radius 1 is 1.17 bits per heavy atom. The van der Waals surface area contributed by atoms with Gasteiger partial charge in [0.25, 0.3) is 5.91 Å². The fourth-order valence-corrected chi connectivity index (χ4v) is 3.40. The van der Waals surface area contributed by atoms with E-state index in [0.29, 0.717) is 15.5 Å². The highest BCUT2D eigenvalue weighted by Crippen LogP contribution is 2.34. The molecule has 5 nitrogen and oxygen atoms in total. The SMILES string of the molecule is O=C(N/N=C\c1ccc(O)c(O)c1)c1sc2ccccc2c1Cl. The molecule has 116 valence electrons. The molecule has 0 saturated carbocycles. The van der Waals surface area contributed by atoms with Crippen LogP contribution in [0.15, 0.2) is 47.6 Å². The number of nitrogens with zero attached hydrogens (tertiary/aromatic N) is 1. The second kappa shape index (κ2) is 6.28. The summed E-state index contributed by atoms with van der Waals surface area (Å²) in [5, 5.41) is 23.7. The van der Waals surface area contributed by atoms with E-state index < -0.39 is 5.91 Å². The van der Waals surface area contributed by atoms with Crippen LogP contribution in [0.2, 0.25) is 5.02 Å². The Labute approximate surface area is 140 Å². The van der Waals surface area contributed by atoms with E-state index in [2.05, 4.69) is 10.5 Å². The van der Waals surface area contributed by atoms with Crippen LogP contribution < -0.4 is 5.43 Å². The standard InChI is InChI=1S/C16H11ClN2O3S/c17-14-10-3-1-2-4-13(10)23-15(14)16(22)19-18-8-9-5-6-11(20)12(21)7-9/h1-8,20-21H,(H,19,22)/b18-8-. The van der Waals surface area contributed by atoms with Crippen LogP contribution in [0, 0.1) is 0 Å². The zero-order chi connectivity index (χ0) is 16.4. The molecule has 1 amide bonds. The summed E-state index contributed by atoms with van der Waals surface area (Å²) in [5.74, 6) is -0.883. The minimum atomic E-state index is -0.407. The van der Waals surface area contributed by atoms with Crippen molar-refractivity contribution in [1.29, 1.82) is 0 Å². The topological polar surface area (TPSA) is 81.9 Å². The molecule has 0 bridgehead atoms. The van der Waals surface area contributed by atoms with Gasteiger partial charge in [0, 0.05) is 10.1 Å². The maximum absolute atomic E-state index is 12.2. The minimum Gasteiger partial charge on any atom is -0.504 e. The van der Waals surface area contributed by atoms with Gasteiger partial charge < -0.3 is 10.2 Å². The third-order valence-corrected chi connectivity index (χ3v) is 4.79. The second-order valence-electron chi connectivity index (χ2n) is 4.69. The van der Waals surface area contributed by atoms with Gasteiger partial charge in [-0.1, -0.05) is 29.8 Å². The van der Waals surface area contributed by atoms with Gasteiger partial charge in [-0.3, -0.25) is 4.79 Å². The molecule has 23 heavy (non-hydrogen) atoms. The predicted molar refractivity (Wildman–Crippen MR) is 91.7 cm³/mol. The number of benzene rings is 2. The van der Waals surface area contributed by atoms with E-state index in [-0.39, 0.29) is 11.5 Å². The van der Waals surface area contributed by atoms with E-state index in [0.717, 1.165) is 10.1 Å². The molecule has 3 aromatic rings. The average molecular weight is 347 g/mol. The number of fused-ring (bicyclic) bond motifs is 1. The summed E-state index contributed by atoms with van der Waals surface area (Å²) in [7, 11) is 0. The molecule has 0 radical (unpaired) electrons. The van der Waals surface area contributed by atoms with Crippen molar-refractivity contribution in [3.8, 4) is 11.5 Å². The average Bonchev–Trinajstić information content (AvgIpc) is 2.88. The quantitative estimate of drug-likeness (QED) is 0.384. The van der Waals surface area contributed by atoms with Gasteiger partial charge in [-0.05, 0) is 29.8 Å². The van der Waals surface area contributed by atoms with Crippen LogP contribution in [-0.4, -0.2) is 22.3 Å². The Balaban J connectivity index is 1.77. The number of aromatic hydroxyl groups is 2. The monoisotopic (exact) mass is 346 g/mol. The first kappa shape index (κ1) is 15.3. The van der Waals surface area contributed by atoms with E-state index in [1.165, 1.54) is 29.7 Å². The molecular formula is C16H11ClN2O3S. The molecule has 0 aliphatic heterocycles. The zero-order valence-corrected chi connectivity index (χ0v) is 13.2. The molecule has 0 atom stereocenters. The van der Waals surface area contributed by atoms with Gasteiger partial charge >= 0.3 is 0 Å². The number of nitrogens with one attached hydrogen (secondary N) is 1. The third-order valence-electron chi connectivity index (χ3n) is 3.12. The number of halogens is 1. The Hall–Kier alpha value is -2.57. The van der Waals surface area contributed by atoms with Gasteiger partial charge in [0.1, 0.15) is 4.88 Å². The number of hydrogen-bond acceptors (Lipinski definition) is 5. The molecule has 0 aliphatic rings. The summed E-state index contributed by atoms with van der Waals surface area (Å²) in [6, 6.07) is 11.7. The lowest BCUT2D eigenvalue weighted by atomic mass is 10.2. The van der Waals surface area contributed by atoms with E-state index in [4.69, 9.17) is 11.6 Å².